The second kappa shape index (κ2) is 6.03. The zero-order valence-electron chi connectivity index (χ0n) is 10.4. The Labute approximate surface area is 101 Å². The van der Waals surface area contributed by atoms with E-state index in [1.807, 2.05) is 26.0 Å². The highest BCUT2D eigenvalue weighted by atomic mass is 16.2. The van der Waals surface area contributed by atoms with E-state index >= 15 is 0 Å². The van der Waals surface area contributed by atoms with Crippen molar-refractivity contribution in [2.45, 2.75) is 26.8 Å². The Morgan fingerprint density at radius 3 is 2.53 bits per heavy atom. The molecule has 1 rings (SSSR count). The van der Waals surface area contributed by atoms with E-state index in [9.17, 15) is 9.59 Å². The molecule has 0 saturated heterocycles. The first-order valence-corrected chi connectivity index (χ1v) is 5.70. The highest BCUT2D eigenvalue weighted by Gasteiger charge is 2.16. The summed E-state index contributed by atoms with van der Waals surface area (Å²) in [5.74, 6) is -0.392. The van der Waals surface area contributed by atoms with E-state index in [0.717, 1.165) is 5.56 Å². The molecule has 0 heterocycles. The SMILES string of the molecule is CCNC(=O)C(C)NC(=O)c1ccccc1C. The second-order valence-electron chi connectivity index (χ2n) is 3.90. The van der Waals surface area contributed by atoms with Crippen LogP contribution in [-0.2, 0) is 4.79 Å². The summed E-state index contributed by atoms with van der Waals surface area (Å²) in [6.45, 7) is 5.93. The van der Waals surface area contributed by atoms with Gasteiger partial charge in [0.1, 0.15) is 6.04 Å². The number of rotatable bonds is 4. The highest BCUT2D eigenvalue weighted by Crippen LogP contribution is 2.06. The number of hydrogen-bond donors (Lipinski definition) is 2. The van der Waals surface area contributed by atoms with Crippen LogP contribution in [0.25, 0.3) is 0 Å². The van der Waals surface area contributed by atoms with Crippen molar-refractivity contribution in [3.63, 3.8) is 0 Å². The van der Waals surface area contributed by atoms with E-state index in [-0.39, 0.29) is 11.8 Å². The molecule has 0 aliphatic heterocycles. The molecule has 1 aromatic rings. The number of nitrogens with one attached hydrogen (secondary N) is 2. The van der Waals surface area contributed by atoms with E-state index in [2.05, 4.69) is 10.6 Å². The van der Waals surface area contributed by atoms with Crippen molar-refractivity contribution in [3.05, 3.63) is 35.4 Å². The average Bonchev–Trinajstić information content (AvgIpc) is 2.29. The van der Waals surface area contributed by atoms with Crippen LogP contribution in [0.3, 0.4) is 0 Å². The van der Waals surface area contributed by atoms with Gasteiger partial charge in [-0.15, -0.1) is 0 Å². The quantitative estimate of drug-likeness (QED) is 0.823. The molecular formula is C13H18N2O2. The first-order valence-electron chi connectivity index (χ1n) is 5.70. The minimum atomic E-state index is -0.526. The third kappa shape index (κ3) is 3.59. The molecule has 0 radical (unpaired) electrons. The van der Waals surface area contributed by atoms with Gasteiger partial charge in [0.05, 0.1) is 0 Å². The van der Waals surface area contributed by atoms with Crippen molar-refractivity contribution in [1.82, 2.24) is 10.6 Å². The lowest BCUT2D eigenvalue weighted by Crippen LogP contribution is -2.44. The molecule has 0 aromatic heterocycles. The van der Waals surface area contributed by atoms with E-state index in [1.165, 1.54) is 0 Å². The standard InChI is InChI=1S/C13H18N2O2/c1-4-14-12(16)10(3)15-13(17)11-8-6-5-7-9(11)2/h5-8,10H,4H2,1-3H3,(H,14,16)(H,15,17). The Morgan fingerprint density at radius 1 is 1.29 bits per heavy atom. The van der Waals surface area contributed by atoms with Crippen molar-refractivity contribution in [1.29, 1.82) is 0 Å². The van der Waals surface area contributed by atoms with Gasteiger partial charge in [0.25, 0.3) is 5.91 Å². The van der Waals surface area contributed by atoms with Gasteiger partial charge in [0, 0.05) is 12.1 Å². The number of benzene rings is 1. The number of carbonyl (C=O) groups is 2. The molecule has 1 aromatic carbocycles. The first kappa shape index (κ1) is 13.2. The van der Waals surface area contributed by atoms with Gasteiger partial charge in [-0.2, -0.15) is 0 Å². The Hall–Kier alpha value is -1.84. The minimum absolute atomic E-state index is 0.172. The Bertz CT molecular complexity index is 416. The zero-order valence-corrected chi connectivity index (χ0v) is 10.4. The molecule has 2 N–H and O–H groups in total. The normalized spacial score (nSPS) is 11.7. The summed E-state index contributed by atoms with van der Waals surface area (Å²) in [6.07, 6.45) is 0. The second-order valence-corrected chi connectivity index (χ2v) is 3.90. The summed E-state index contributed by atoms with van der Waals surface area (Å²) in [5.41, 5.74) is 1.50. The van der Waals surface area contributed by atoms with Crippen LogP contribution >= 0.6 is 0 Å². The topological polar surface area (TPSA) is 58.2 Å². The van der Waals surface area contributed by atoms with Crippen LogP contribution in [0, 0.1) is 6.92 Å². The van der Waals surface area contributed by atoms with Gasteiger partial charge < -0.3 is 10.6 Å². The van der Waals surface area contributed by atoms with Crippen molar-refractivity contribution in [2.24, 2.45) is 0 Å². The van der Waals surface area contributed by atoms with E-state index in [4.69, 9.17) is 0 Å². The maximum atomic E-state index is 11.9. The molecule has 2 amide bonds. The third-order valence-electron chi connectivity index (χ3n) is 2.48. The lowest BCUT2D eigenvalue weighted by Gasteiger charge is -2.14. The highest BCUT2D eigenvalue weighted by molar-refractivity contribution is 5.98. The molecule has 0 aliphatic carbocycles. The summed E-state index contributed by atoms with van der Waals surface area (Å²) in [4.78, 5) is 23.4. The molecule has 1 unspecified atom stereocenters. The molecular weight excluding hydrogens is 216 g/mol. The fourth-order valence-electron chi connectivity index (χ4n) is 1.49. The van der Waals surface area contributed by atoms with Gasteiger partial charge in [-0.05, 0) is 32.4 Å². The van der Waals surface area contributed by atoms with Crippen LogP contribution in [-0.4, -0.2) is 24.4 Å². The first-order chi connectivity index (χ1) is 8.06. The Kier molecular flexibility index (Phi) is 4.69. The van der Waals surface area contributed by atoms with Gasteiger partial charge in [0.2, 0.25) is 5.91 Å². The van der Waals surface area contributed by atoms with Crippen LogP contribution in [0.2, 0.25) is 0 Å². The summed E-state index contributed by atoms with van der Waals surface area (Å²) < 4.78 is 0. The van der Waals surface area contributed by atoms with Gasteiger partial charge in [0.15, 0.2) is 0 Å². The van der Waals surface area contributed by atoms with Crippen LogP contribution in [0.1, 0.15) is 29.8 Å². The number of hydrogen-bond acceptors (Lipinski definition) is 2. The lowest BCUT2D eigenvalue weighted by molar-refractivity contribution is -0.122. The van der Waals surface area contributed by atoms with Gasteiger partial charge in [-0.3, -0.25) is 9.59 Å². The van der Waals surface area contributed by atoms with Crippen LogP contribution in [0.4, 0.5) is 0 Å². The van der Waals surface area contributed by atoms with Gasteiger partial charge in [-0.1, -0.05) is 18.2 Å². The third-order valence-corrected chi connectivity index (χ3v) is 2.48. The maximum absolute atomic E-state index is 11.9. The van der Waals surface area contributed by atoms with E-state index in [0.29, 0.717) is 12.1 Å². The molecule has 4 heteroatoms. The number of likely N-dealkylation sites (N-methyl/N-ethyl adjacent to an activating group) is 1. The van der Waals surface area contributed by atoms with Crippen molar-refractivity contribution >= 4 is 11.8 Å². The molecule has 4 nitrogen and oxygen atoms in total. The summed E-state index contributed by atoms with van der Waals surface area (Å²) in [6, 6.07) is 6.76. The largest absolute Gasteiger partial charge is 0.355 e. The van der Waals surface area contributed by atoms with Crippen molar-refractivity contribution in [3.8, 4) is 0 Å². The smallest absolute Gasteiger partial charge is 0.252 e. The van der Waals surface area contributed by atoms with Gasteiger partial charge >= 0.3 is 0 Å². The fourth-order valence-corrected chi connectivity index (χ4v) is 1.49. The fraction of sp³-hybridized carbons (Fsp3) is 0.385. The van der Waals surface area contributed by atoms with E-state index in [1.54, 1.807) is 19.1 Å². The molecule has 0 aliphatic rings. The van der Waals surface area contributed by atoms with Crippen molar-refractivity contribution < 1.29 is 9.59 Å². The number of amides is 2. The van der Waals surface area contributed by atoms with E-state index < -0.39 is 6.04 Å². The molecule has 0 spiro atoms. The summed E-state index contributed by atoms with van der Waals surface area (Å²) in [5, 5.41) is 5.33. The molecule has 0 fully saturated rings. The molecule has 1 atom stereocenters. The van der Waals surface area contributed by atoms with Crippen molar-refractivity contribution in [2.75, 3.05) is 6.54 Å². The van der Waals surface area contributed by atoms with Gasteiger partial charge in [-0.25, -0.2) is 0 Å². The molecule has 17 heavy (non-hydrogen) atoms. The average molecular weight is 234 g/mol. The zero-order chi connectivity index (χ0) is 12.8. The monoisotopic (exact) mass is 234 g/mol. The maximum Gasteiger partial charge on any atom is 0.252 e. The molecule has 0 bridgehead atoms. The minimum Gasteiger partial charge on any atom is -0.355 e. The summed E-state index contributed by atoms with van der Waals surface area (Å²) in [7, 11) is 0. The number of carbonyl (C=O) groups excluding carboxylic acids is 2. The summed E-state index contributed by atoms with van der Waals surface area (Å²) >= 11 is 0. The molecule has 92 valence electrons. The van der Waals surface area contributed by atoms with Crippen LogP contribution in [0.5, 0.6) is 0 Å². The predicted molar refractivity (Wildman–Crippen MR) is 66.8 cm³/mol. The van der Waals surface area contributed by atoms with Crippen LogP contribution in [0.15, 0.2) is 24.3 Å². The number of aryl methyl sites for hydroxylation is 1. The lowest BCUT2D eigenvalue weighted by atomic mass is 10.1. The van der Waals surface area contributed by atoms with Crippen LogP contribution < -0.4 is 10.6 Å². The Balaban J connectivity index is 2.67. The predicted octanol–water partition coefficient (Wildman–Crippen LogP) is 1.25. The Morgan fingerprint density at radius 2 is 1.94 bits per heavy atom. The molecule has 0 saturated carbocycles.